The number of carbonyl (C=O) groups is 1. The number of nitrogens with zero attached hydrogens (tertiary/aromatic N) is 2. The Morgan fingerprint density at radius 1 is 1.57 bits per heavy atom. The summed E-state index contributed by atoms with van der Waals surface area (Å²) in [5, 5.41) is 16.2. The molecule has 1 rings (SSSR count). The van der Waals surface area contributed by atoms with Crippen molar-refractivity contribution in [1.82, 2.24) is 10.2 Å². The fourth-order valence-corrected chi connectivity index (χ4v) is 0.966. The molecule has 0 saturated heterocycles. The van der Waals surface area contributed by atoms with E-state index in [1.807, 2.05) is 0 Å². The summed E-state index contributed by atoms with van der Waals surface area (Å²) in [4.78, 5) is 10.6. The molecular weight excluding hydrogens is 184 g/mol. The normalized spacial score (nSPS) is 12.1. The molecule has 1 unspecified atom stereocenters. The lowest BCUT2D eigenvalue weighted by Gasteiger charge is -2.04. The molecule has 0 aliphatic carbocycles. The van der Waals surface area contributed by atoms with E-state index < -0.39 is 11.9 Å². The highest BCUT2D eigenvalue weighted by Gasteiger charge is 2.12. The molecule has 0 amide bonds. The van der Waals surface area contributed by atoms with Gasteiger partial charge in [0.25, 0.3) is 0 Å². The second-order valence-corrected chi connectivity index (χ2v) is 3.01. The Morgan fingerprint density at radius 3 is 2.71 bits per heavy atom. The van der Waals surface area contributed by atoms with Crippen LogP contribution in [0.1, 0.15) is 12.6 Å². The summed E-state index contributed by atoms with van der Waals surface area (Å²) in [5.41, 5.74) is 0.653. The molecule has 5 heteroatoms. The second kappa shape index (κ2) is 4.55. The molecule has 0 aliphatic heterocycles. The van der Waals surface area contributed by atoms with Gasteiger partial charge in [-0.15, -0.1) is 5.10 Å². The first kappa shape index (κ1) is 10.4. The predicted octanol–water partition coefficient (Wildman–Crippen LogP) is 0.748. The number of ether oxygens (including phenoxy) is 1. The summed E-state index contributed by atoms with van der Waals surface area (Å²) in [6.45, 7) is 1.63. The lowest BCUT2D eigenvalue weighted by atomic mass is 10.1. The number of carboxylic acids is 1. The Balaban J connectivity index is 2.64. The van der Waals surface area contributed by atoms with Gasteiger partial charge < -0.3 is 9.84 Å². The lowest BCUT2D eigenvalue weighted by Crippen LogP contribution is -2.13. The molecular formula is C9H12N2O3. The van der Waals surface area contributed by atoms with E-state index in [0.717, 1.165) is 0 Å². The van der Waals surface area contributed by atoms with E-state index >= 15 is 0 Å². The van der Waals surface area contributed by atoms with Crippen LogP contribution < -0.4 is 4.74 Å². The molecule has 76 valence electrons. The van der Waals surface area contributed by atoms with Gasteiger partial charge in [-0.25, -0.2) is 0 Å². The minimum absolute atomic E-state index is 0.381. The molecule has 0 spiro atoms. The smallest absolute Gasteiger partial charge is 0.306 e. The third-order valence-corrected chi connectivity index (χ3v) is 1.84. The Bertz CT molecular complexity index is 310. The SMILES string of the molecule is COc1ccc(CC(C)C(=O)O)nn1. The van der Waals surface area contributed by atoms with Crippen molar-refractivity contribution in [3.05, 3.63) is 17.8 Å². The quantitative estimate of drug-likeness (QED) is 0.769. The molecule has 0 saturated carbocycles. The first-order valence-corrected chi connectivity index (χ1v) is 4.23. The number of aromatic nitrogens is 2. The highest BCUT2D eigenvalue weighted by atomic mass is 16.5. The first-order valence-electron chi connectivity index (χ1n) is 4.23. The van der Waals surface area contributed by atoms with Crippen molar-refractivity contribution < 1.29 is 14.6 Å². The van der Waals surface area contributed by atoms with Crippen LogP contribution in [0.5, 0.6) is 5.88 Å². The van der Waals surface area contributed by atoms with Crippen molar-refractivity contribution in [1.29, 1.82) is 0 Å². The molecule has 0 fully saturated rings. The van der Waals surface area contributed by atoms with Crippen molar-refractivity contribution in [3.8, 4) is 5.88 Å². The van der Waals surface area contributed by atoms with Gasteiger partial charge in [0.1, 0.15) is 0 Å². The highest BCUT2D eigenvalue weighted by Crippen LogP contribution is 2.08. The first-order chi connectivity index (χ1) is 6.63. The topological polar surface area (TPSA) is 72.3 Å². The van der Waals surface area contributed by atoms with Gasteiger partial charge in [0, 0.05) is 12.5 Å². The second-order valence-electron chi connectivity index (χ2n) is 3.01. The number of aliphatic carboxylic acids is 1. The van der Waals surface area contributed by atoms with E-state index in [-0.39, 0.29) is 0 Å². The van der Waals surface area contributed by atoms with Crippen LogP contribution in [0.15, 0.2) is 12.1 Å². The van der Waals surface area contributed by atoms with Crippen LogP contribution in [0, 0.1) is 5.92 Å². The molecule has 14 heavy (non-hydrogen) atoms. The van der Waals surface area contributed by atoms with Crippen LogP contribution >= 0.6 is 0 Å². The molecule has 0 bridgehead atoms. The molecule has 5 nitrogen and oxygen atoms in total. The largest absolute Gasteiger partial charge is 0.481 e. The van der Waals surface area contributed by atoms with E-state index in [0.29, 0.717) is 18.0 Å². The third kappa shape index (κ3) is 2.69. The highest BCUT2D eigenvalue weighted by molar-refractivity contribution is 5.69. The molecule has 0 radical (unpaired) electrons. The molecule has 1 atom stereocenters. The Hall–Kier alpha value is -1.65. The minimum Gasteiger partial charge on any atom is -0.481 e. The van der Waals surface area contributed by atoms with Crippen molar-refractivity contribution in [2.45, 2.75) is 13.3 Å². The van der Waals surface area contributed by atoms with Gasteiger partial charge in [0.05, 0.1) is 18.7 Å². The summed E-state index contributed by atoms with van der Waals surface area (Å²) >= 11 is 0. The zero-order chi connectivity index (χ0) is 10.6. The Kier molecular flexibility index (Phi) is 3.39. The van der Waals surface area contributed by atoms with Gasteiger partial charge in [-0.1, -0.05) is 6.92 Å². The van der Waals surface area contributed by atoms with Crippen LogP contribution in [0.2, 0.25) is 0 Å². The predicted molar refractivity (Wildman–Crippen MR) is 49.1 cm³/mol. The zero-order valence-corrected chi connectivity index (χ0v) is 8.10. The van der Waals surface area contributed by atoms with Crippen LogP contribution in [0.25, 0.3) is 0 Å². The van der Waals surface area contributed by atoms with Gasteiger partial charge in [0.15, 0.2) is 0 Å². The Labute approximate surface area is 81.7 Å². The monoisotopic (exact) mass is 196 g/mol. The molecule has 0 aromatic carbocycles. The fraction of sp³-hybridized carbons (Fsp3) is 0.444. The average Bonchev–Trinajstić information content (AvgIpc) is 2.19. The van der Waals surface area contributed by atoms with Crippen molar-refractivity contribution in [3.63, 3.8) is 0 Å². The number of hydrogen-bond acceptors (Lipinski definition) is 4. The molecule has 1 heterocycles. The third-order valence-electron chi connectivity index (χ3n) is 1.84. The molecule has 0 aliphatic rings. The standard InChI is InChI=1S/C9H12N2O3/c1-6(9(12)13)5-7-3-4-8(14-2)11-10-7/h3-4,6H,5H2,1-2H3,(H,12,13). The van der Waals surface area contributed by atoms with Gasteiger partial charge in [-0.05, 0) is 6.07 Å². The average molecular weight is 196 g/mol. The van der Waals surface area contributed by atoms with E-state index in [1.54, 1.807) is 19.1 Å². The van der Waals surface area contributed by atoms with Gasteiger partial charge in [-0.3, -0.25) is 4.79 Å². The molecule has 1 N–H and O–H groups in total. The van der Waals surface area contributed by atoms with Gasteiger partial charge in [0.2, 0.25) is 5.88 Å². The lowest BCUT2D eigenvalue weighted by molar-refractivity contribution is -0.141. The van der Waals surface area contributed by atoms with Crippen molar-refractivity contribution >= 4 is 5.97 Å². The molecule has 1 aromatic heterocycles. The summed E-state index contributed by atoms with van der Waals surface area (Å²) in [7, 11) is 1.50. The number of carboxylic acid groups (broad SMARTS) is 1. The van der Waals surface area contributed by atoms with Crippen molar-refractivity contribution in [2.24, 2.45) is 5.92 Å². The Morgan fingerprint density at radius 2 is 2.29 bits per heavy atom. The molecule has 1 aromatic rings. The van der Waals surface area contributed by atoms with Crippen LogP contribution in [-0.2, 0) is 11.2 Å². The number of hydrogen-bond donors (Lipinski definition) is 1. The fourth-order valence-electron chi connectivity index (χ4n) is 0.966. The van der Waals surface area contributed by atoms with E-state index in [2.05, 4.69) is 10.2 Å². The van der Waals surface area contributed by atoms with E-state index in [9.17, 15) is 4.79 Å². The zero-order valence-electron chi connectivity index (χ0n) is 8.10. The minimum atomic E-state index is -0.831. The van der Waals surface area contributed by atoms with Crippen molar-refractivity contribution in [2.75, 3.05) is 7.11 Å². The maximum Gasteiger partial charge on any atom is 0.306 e. The summed E-state index contributed by atoms with van der Waals surface area (Å²) < 4.78 is 4.83. The number of methoxy groups -OCH3 is 1. The summed E-state index contributed by atoms with van der Waals surface area (Å²) in [6, 6.07) is 3.38. The van der Waals surface area contributed by atoms with Crippen LogP contribution in [-0.4, -0.2) is 28.4 Å². The summed E-state index contributed by atoms with van der Waals surface area (Å²) in [5.74, 6) is -0.850. The number of rotatable bonds is 4. The van der Waals surface area contributed by atoms with Crippen LogP contribution in [0.4, 0.5) is 0 Å². The van der Waals surface area contributed by atoms with Gasteiger partial charge >= 0.3 is 5.97 Å². The summed E-state index contributed by atoms with van der Waals surface area (Å²) in [6.07, 6.45) is 0.381. The van der Waals surface area contributed by atoms with Gasteiger partial charge in [-0.2, -0.15) is 5.10 Å². The van der Waals surface area contributed by atoms with E-state index in [4.69, 9.17) is 9.84 Å². The van der Waals surface area contributed by atoms with Crippen LogP contribution in [0.3, 0.4) is 0 Å². The van der Waals surface area contributed by atoms with E-state index in [1.165, 1.54) is 7.11 Å². The maximum absolute atomic E-state index is 10.6. The maximum atomic E-state index is 10.6.